The van der Waals surface area contributed by atoms with Gasteiger partial charge in [-0.05, 0) is 37.8 Å². The molecule has 1 saturated carbocycles. The van der Waals surface area contributed by atoms with E-state index < -0.39 is 0 Å². The molecule has 2 aliphatic rings. The molecule has 9 heavy (non-hydrogen) atoms. The van der Waals surface area contributed by atoms with Crippen LogP contribution in [0, 0.1) is 5.41 Å². The Hall–Kier alpha value is -0.0400. The van der Waals surface area contributed by atoms with E-state index in [-0.39, 0.29) is 0 Å². The average Bonchev–Trinajstić information content (AvgIpc) is 2.44. The first-order valence-corrected chi connectivity index (χ1v) is 4.07. The normalized spacial score (nSPS) is 31.7. The van der Waals surface area contributed by atoms with Crippen molar-refractivity contribution in [2.45, 2.75) is 26.2 Å². The summed E-state index contributed by atoms with van der Waals surface area (Å²) in [7, 11) is 0. The monoisotopic (exact) mass is 125 g/mol. The lowest BCUT2D eigenvalue weighted by Gasteiger charge is -2.10. The molecule has 0 bridgehead atoms. The van der Waals surface area contributed by atoms with Gasteiger partial charge in [-0.2, -0.15) is 0 Å². The van der Waals surface area contributed by atoms with Crippen molar-refractivity contribution in [3.05, 3.63) is 0 Å². The summed E-state index contributed by atoms with van der Waals surface area (Å²) in [5, 5.41) is 0. The van der Waals surface area contributed by atoms with Crippen LogP contribution >= 0.6 is 0 Å². The summed E-state index contributed by atoms with van der Waals surface area (Å²) >= 11 is 0. The molecule has 1 heteroatoms. The topological polar surface area (TPSA) is 3.24 Å². The minimum atomic E-state index is 0.843. The van der Waals surface area contributed by atoms with Gasteiger partial charge in [0.25, 0.3) is 0 Å². The van der Waals surface area contributed by atoms with Crippen molar-refractivity contribution in [1.82, 2.24) is 4.90 Å². The van der Waals surface area contributed by atoms with Gasteiger partial charge in [0.2, 0.25) is 0 Å². The lowest BCUT2D eigenvalue weighted by atomic mass is 10.1. The summed E-state index contributed by atoms with van der Waals surface area (Å²) in [6, 6.07) is 0. The van der Waals surface area contributed by atoms with Crippen LogP contribution in [0.5, 0.6) is 0 Å². The zero-order valence-electron chi connectivity index (χ0n) is 6.19. The van der Waals surface area contributed by atoms with E-state index >= 15 is 0 Å². The molecule has 1 nitrogen and oxygen atoms in total. The van der Waals surface area contributed by atoms with Gasteiger partial charge in [0.15, 0.2) is 0 Å². The summed E-state index contributed by atoms with van der Waals surface area (Å²) in [5.41, 5.74) is 0.843. The highest BCUT2D eigenvalue weighted by molar-refractivity contribution is 4.99. The minimum Gasteiger partial charge on any atom is -0.303 e. The van der Waals surface area contributed by atoms with Crippen LogP contribution in [0.1, 0.15) is 26.2 Å². The van der Waals surface area contributed by atoms with Crippen LogP contribution in [0.25, 0.3) is 0 Å². The van der Waals surface area contributed by atoms with E-state index in [0.29, 0.717) is 0 Å². The van der Waals surface area contributed by atoms with Crippen molar-refractivity contribution < 1.29 is 0 Å². The quantitative estimate of drug-likeness (QED) is 0.513. The van der Waals surface area contributed by atoms with Gasteiger partial charge in [-0.15, -0.1) is 0 Å². The van der Waals surface area contributed by atoms with Crippen molar-refractivity contribution in [2.24, 2.45) is 5.41 Å². The highest BCUT2D eigenvalue weighted by atomic mass is 15.2. The summed E-state index contributed by atoms with van der Waals surface area (Å²) in [5.74, 6) is 0. The molecule has 0 radical (unpaired) electrons. The van der Waals surface area contributed by atoms with Crippen LogP contribution in [0.2, 0.25) is 0 Å². The van der Waals surface area contributed by atoms with E-state index in [2.05, 4.69) is 11.8 Å². The smallest absolute Gasteiger partial charge is 0.00383 e. The van der Waals surface area contributed by atoms with E-state index in [0.717, 1.165) is 5.41 Å². The van der Waals surface area contributed by atoms with Gasteiger partial charge in [-0.1, -0.05) is 6.92 Å². The summed E-state index contributed by atoms with van der Waals surface area (Å²) in [6.45, 7) is 6.31. The molecule has 2 rings (SSSR count). The second kappa shape index (κ2) is 1.72. The Kier molecular flexibility index (Phi) is 1.10. The van der Waals surface area contributed by atoms with E-state index in [1.54, 1.807) is 0 Å². The van der Waals surface area contributed by atoms with Crippen molar-refractivity contribution in [1.29, 1.82) is 0 Å². The molecule has 0 aromatic rings. The minimum absolute atomic E-state index is 0.843. The fourth-order valence-corrected chi connectivity index (χ4v) is 1.88. The Morgan fingerprint density at radius 3 is 2.44 bits per heavy atom. The summed E-state index contributed by atoms with van der Waals surface area (Å²) in [6.07, 6.45) is 4.52. The number of rotatable bonds is 1. The van der Waals surface area contributed by atoms with Gasteiger partial charge in [-0.25, -0.2) is 0 Å². The molecule has 1 aliphatic carbocycles. The third-order valence-corrected chi connectivity index (χ3v) is 2.92. The van der Waals surface area contributed by atoms with Crippen LogP contribution < -0.4 is 0 Å². The first-order valence-electron chi connectivity index (χ1n) is 4.07. The zero-order valence-corrected chi connectivity index (χ0v) is 6.19. The van der Waals surface area contributed by atoms with Crippen LogP contribution in [-0.4, -0.2) is 24.5 Å². The van der Waals surface area contributed by atoms with E-state index in [9.17, 15) is 0 Å². The number of nitrogens with zero attached hydrogens (tertiary/aromatic N) is 1. The van der Waals surface area contributed by atoms with Gasteiger partial charge >= 0.3 is 0 Å². The lowest BCUT2D eigenvalue weighted by molar-refractivity contribution is 0.337. The molecule has 1 heterocycles. The SMILES string of the molecule is CCN1CCC2(CC2)C1. The predicted molar refractivity (Wildman–Crippen MR) is 38.4 cm³/mol. The summed E-state index contributed by atoms with van der Waals surface area (Å²) in [4.78, 5) is 2.58. The van der Waals surface area contributed by atoms with E-state index in [1.165, 1.54) is 38.9 Å². The molecule has 52 valence electrons. The first kappa shape index (κ1) is 5.72. The molecule has 0 amide bonds. The molecule has 0 aromatic heterocycles. The number of hydrogen-bond donors (Lipinski definition) is 0. The number of likely N-dealkylation sites (tertiary alicyclic amines) is 1. The van der Waals surface area contributed by atoms with Gasteiger partial charge < -0.3 is 4.90 Å². The van der Waals surface area contributed by atoms with Gasteiger partial charge in [0.1, 0.15) is 0 Å². The highest BCUT2D eigenvalue weighted by Crippen LogP contribution is 2.52. The molecular weight excluding hydrogens is 110 g/mol. The van der Waals surface area contributed by atoms with Crippen molar-refractivity contribution >= 4 is 0 Å². The third-order valence-electron chi connectivity index (χ3n) is 2.92. The molecular formula is C8H15N. The Morgan fingerprint density at radius 1 is 1.33 bits per heavy atom. The standard InChI is InChI=1S/C8H15N/c1-2-9-6-5-8(7-9)3-4-8/h2-7H2,1H3. The average molecular weight is 125 g/mol. The van der Waals surface area contributed by atoms with E-state index in [1.807, 2.05) is 0 Å². The molecule has 0 unspecified atom stereocenters. The number of hydrogen-bond acceptors (Lipinski definition) is 1. The van der Waals surface area contributed by atoms with E-state index in [4.69, 9.17) is 0 Å². The Labute approximate surface area is 57.0 Å². The summed E-state index contributed by atoms with van der Waals surface area (Å²) < 4.78 is 0. The Balaban J connectivity index is 1.93. The second-order valence-corrected chi connectivity index (χ2v) is 3.62. The maximum Gasteiger partial charge on any atom is 0.00383 e. The van der Waals surface area contributed by atoms with Gasteiger partial charge in [0, 0.05) is 6.54 Å². The molecule has 2 fully saturated rings. The zero-order chi connectivity index (χ0) is 6.32. The fourth-order valence-electron chi connectivity index (χ4n) is 1.88. The molecule has 0 aromatic carbocycles. The Morgan fingerprint density at radius 2 is 2.11 bits per heavy atom. The molecule has 0 N–H and O–H groups in total. The third kappa shape index (κ3) is 0.877. The van der Waals surface area contributed by atoms with Crippen LogP contribution in [0.3, 0.4) is 0 Å². The van der Waals surface area contributed by atoms with Gasteiger partial charge in [-0.3, -0.25) is 0 Å². The predicted octanol–water partition coefficient (Wildman–Crippen LogP) is 1.49. The molecule has 1 spiro atoms. The lowest BCUT2D eigenvalue weighted by Crippen LogP contribution is -2.19. The van der Waals surface area contributed by atoms with Crippen LogP contribution in [-0.2, 0) is 0 Å². The van der Waals surface area contributed by atoms with Crippen molar-refractivity contribution in [3.63, 3.8) is 0 Å². The Bertz CT molecular complexity index is 116. The maximum absolute atomic E-state index is 2.58. The van der Waals surface area contributed by atoms with Crippen LogP contribution in [0.15, 0.2) is 0 Å². The van der Waals surface area contributed by atoms with Crippen molar-refractivity contribution in [3.8, 4) is 0 Å². The first-order chi connectivity index (χ1) is 4.35. The molecule has 0 atom stereocenters. The van der Waals surface area contributed by atoms with Gasteiger partial charge in [0.05, 0.1) is 0 Å². The second-order valence-electron chi connectivity index (χ2n) is 3.62. The fraction of sp³-hybridized carbons (Fsp3) is 1.00. The maximum atomic E-state index is 2.58. The highest BCUT2D eigenvalue weighted by Gasteiger charge is 2.46. The molecule has 1 aliphatic heterocycles. The molecule has 1 saturated heterocycles. The van der Waals surface area contributed by atoms with Crippen molar-refractivity contribution in [2.75, 3.05) is 19.6 Å². The van der Waals surface area contributed by atoms with Crippen LogP contribution in [0.4, 0.5) is 0 Å². The largest absolute Gasteiger partial charge is 0.303 e.